The molecule has 0 saturated carbocycles. The van der Waals surface area contributed by atoms with Gasteiger partial charge in [0, 0.05) is 11.8 Å². The molecular formula is C16H18N4O2. The lowest BCUT2D eigenvalue weighted by Crippen LogP contribution is -2.42. The number of benzene rings is 1. The molecule has 0 fully saturated rings. The predicted molar refractivity (Wildman–Crippen MR) is 82.7 cm³/mol. The molecule has 114 valence electrons. The number of nitrogens with one attached hydrogen (secondary N) is 1. The van der Waals surface area contributed by atoms with E-state index in [-0.39, 0.29) is 12.1 Å². The highest BCUT2D eigenvalue weighted by molar-refractivity contribution is 5.88. The minimum Gasteiger partial charge on any atom is -0.491 e. The summed E-state index contributed by atoms with van der Waals surface area (Å²) in [7, 11) is 0. The molecule has 2 aromatic rings. The first-order valence-corrected chi connectivity index (χ1v) is 7.21. The van der Waals surface area contributed by atoms with Gasteiger partial charge in [0.05, 0.1) is 12.6 Å². The van der Waals surface area contributed by atoms with Crippen LogP contribution < -0.4 is 10.1 Å². The van der Waals surface area contributed by atoms with Gasteiger partial charge in [-0.1, -0.05) is 18.2 Å². The van der Waals surface area contributed by atoms with Crippen molar-refractivity contribution in [3.63, 3.8) is 0 Å². The predicted octanol–water partition coefficient (Wildman–Crippen LogP) is 2.60. The lowest BCUT2D eigenvalue weighted by Gasteiger charge is -2.26. The molecule has 1 aromatic carbocycles. The van der Waals surface area contributed by atoms with Crippen LogP contribution in [0.3, 0.4) is 0 Å². The van der Waals surface area contributed by atoms with Crippen LogP contribution in [0.4, 0.5) is 10.6 Å². The van der Waals surface area contributed by atoms with E-state index in [1.165, 1.54) is 0 Å². The van der Waals surface area contributed by atoms with E-state index in [9.17, 15) is 4.79 Å². The second kappa shape index (κ2) is 6.01. The molecule has 3 rings (SSSR count). The van der Waals surface area contributed by atoms with Crippen molar-refractivity contribution >= 4 is 11.8 Å². The maximum Gasteiger partial charge on any atom is 0.323 e. The molecule has 0 saturated heterocycles. The molecule has 6 heteroatoms. The van der Waals surface area contributed by atoms with Crippen molar-refractivity contribution in [2.75, 3.05) is 11.9 Å². The Morgan fingerprint density at radius 1 is 1.36 bits per heavy atom. The number of carbonyl (C=O) groups is 1. The molecule has 0 radical (unpaired) electrons. The number of anilines is 1. The third kappa shape index (κ3) is 3.00. The number of urea groups is 1. The summed E-state index contributed by atoms with van der Waals surface area (Å²) in [6, 6.07) is 9.24. The minimum absolute atomic E-state index is 0.0321. The molecule has 22 heavy (non-hydrogen) atoms. The zero-order chi connectivity index (χ0) is 15.5. The summed E-state index contributed by atoms with van der Waals surface area (Å²) in [5.41, 5.74) is 1.00. The normalized spacial score (nSPS) is 17.2. The molecule has 1 aliphatic heterocycles. The molecule has 1 unspecified atom stereocenters. The SMILES string of the molecule is Cc1nccc(NC(=O)N2Cc3ccccc3OCC2C)n1. The van der Waals surface area contributed by atoms with Gasteiger partial charge in [0.1, 0.15) is 24.0 Å². The maximum atomic E-state index is 12.6. The van der Waals surface area contributed by atoms with Crippen molar-refractivity contribution in [1.29, 1.82) is 0 Å². The second-order valence-electron chi connectivity index (χ2n) is 5.31. The van der Waals surface area contributed by atoms with Gasteiger partial charge in [-0.25, -0.2) is 14.8 Å². The van der Waals surface area contributed by atoms with E-state index in [2.05, 4.69) is 15.3 Å². The monoisotopic (exact) mass is 298 g/mol. The molecule has 0 aliphatic carbocycles. The van der Waals surface area contributed by atoms with Crippen LogP contribution in [-0.4, -0.2) is 33.5 Å². The molecule has 0 bridgehead atoms. The number of carbonyl (C=O) groups excluding carboxylic acids is 1. The number of aromatic nitrogens is 2. The summed E-state index contributed by atoms with van der Waals surface area (Å²) >= 11 is 0. The van der Waals surface area contributed by atoms with Gasteiger partial charge in [-0.15, -0.1) is 0 Å². The Bertz CT molecular complexity index is 689. The third-order valence-electron chi connectivity index (χ3n) is 3.60. The van der Waals surface area contributed by atoms with E-state index >= 15 is 0 Å². The fourth-order valence-corrected chi connectivity index (χ4v) is 2.39. The molecule has 2 amide bonds. The van der Waals surface area contributed by atoms with Gasteiger partial charge in [-0.05, 0) is 26.0 Å². The lowest BCUT2D eigenvalue weighted by molar-refractivity contribution is 0.168. The summed E-state index contributed by atoms with van der Waals surface area (Å²) in [5.74, 6) is 1.96. The van der Waals surface area contributed by atoms with E-state index in [0.29, 0.717) is 24.8 Å². The standard InChI is InChI=1S/C16H18N4O2/c1-11-10-22-14-6-4-3-5-13(14)9-20(11)16(21)19-15-7-8-17-12(2)18-15/h3-8,11H,9-10H2,1-2H3,(H,17,18,19,21). The van der Waals surface area contributed by atoms with E-state index in [0.717, 1.165) is 11.3 Å². The second-order valence-corrected chi connectivity index (χ2v) is 5.31. The molecule has 0 spiro atoms. The average Bonchev–Trinajstić information content (AvgIpc) is 2.67. The Labute approximate surface area is 129 Å². The average molecular weight is 298 g/mol. The lowest BCUT2D eigenvalue weighted by atomic mass is 10.2. The van der Waals surface area contributed by atoms with Crippen molar-refractivity contribution in [2.45, 2.75) is 26.4 Å². The molecule has 1 aliphatic rings. The molecule has 1 N–H and O–H groups in total. The fraction of sp³-hybridized carbons (Fsp3) is 0.312. The Kier molecular flexibility index (Phi) is 3.91. The zero-order valence-corrected chi connectivity index (χ0v) is 12.6. The quantitative estimate of drug-likeness (QED) is 0.878. The summed E-state index contributed by atoms with van der Waals surface area (Å²) in [6.07, 6.45) is 1.63. The Hall–Kier alpha value is -2.63. The Morgan fingerprint density at radius 2 is 2.18 bits per heavy atom. The number of para-hydroxylation sites is 1. The molecule has 2 heterocycles. The summed E-state index contributed by atoms with van der Waals surface area (Å²) in [6.45, 7) is 4.73. The number of aryl methyl sites for hydroxylation is 1. The summed E-state index contributed by atoms with van der Waals surface area (Å²) in [4.78, 5) is 22.5. The van der Waals surface area contributed by atoms with E-state index in [1.807, 2.05) is 31.2 Å². The first kappa shape index (κ1) is 14.3. The first-order chi connectivity index (χ1) is 10.6. The number of hydrogen-bond acceptors (Lipinski definition) is 4. The van der Waals surface area contributed by atoms with Crippen molar-refractivity contribution in [1.82, 2.24) is 14.9 Å². The highest BCUT2D eigenvalue weighted by Crippen LogP contribution is 2.25. The van der Waals surface area contributed by atoms with Gasteiger partial charge in [0.2, 0.25) is 0 Å². The smallest absolute Gasteiger partial charge is 0.323 e. The fourth-order valence-electron chi connectivity index (χ4n) is 2.39. The van der Waals surface area contributed by atoms with Crippen LogP contribution in [-0.2, 0) is 6.54 Å². The number of nitrogens with zero attached hydrogens (tertiary/aromatic N) is 3. The number of ether oxygens (including phenoxy) is 1. The van der Waals surface area contributed by atoms with Gasteiger partial charge in [-0.2, -0.15) is 0 Å². The topological polar surface area (TPSA) is 67.4 Å². The molecular weight excluding hydrogens is 280 g/mol. The van der Waals surface area contributed by atoms with Gasteiger partial charge in [0.25, 0.3) is 0 Å². The van der Waals surface area contributed by atoms with Crippen molar-refractivity contribution in [3.8, 4) is 5.75 Å². The third-order valence-corrected chi connectivity index (χ3v) is 3.60. The van der Waals surface area contributed by atoms with Gasteiger partial charge >= 0.3 is 6.03 Å². The number of fused-ring (bicyclic) bond motifs is 1. The molecule has 6 nitrogen and oxygen atoms in total. The van der Waals surface area contributed by atoms with Crippen molar-refractivity contribution < 1.29 is 9.53 Å². The van der Waals surface area contributed by atoms with Crippen LogP contribution in [0, 0.1) is 6.92 Å². The number of amides is 2. The van der Waals surface area contributed by atoms with Crippen LogP contribution in [0.5, 0.6) is 5.75 Å². The van der Waals surface area contributed by atoms with Crippen LogP contribution in [0.1, 0.15) is 18.3 Å². The number of rotatable bonds is 1. The van der Waals surface area contributed by atoms with Gasteiger partial charge in [0.15, 0.2) is 0 Å². The maximum absolute atomic E-state index is 12.6. The largest absolute Gasteiger partial charge is 0.491 e. The summed E-state index contributed by atoms with van der Waals surface area (Å²) < 4.78 is 5.76. The molecule has 1 aromatic heterocycles. The highest BCUT2D eigenvalue weighted by atomic mass is 16.5. The van der Waals surface area contributed by atoms with E-state index < -0.39 is 0 Å². The Balaban J connectivity index is 1.79. The van der Waals surface area contributed by atoms with Crippen LogP contribution in [0.15, 0.2) is 36.5 Å². The van der Waals surface area contributed by atoms with Crippen LogP contribution >= 0.6 is 0 Å². The Morgan fingerprint density at radius 3 is 3.00 bits per heavy atom. The highest BCUT2D eigenvalue weighted by Gasteiger charge is 2.25. The minimum atomic E-state index is -0.189. The summed E-state index contributed by atoms with van der Waals surface area (Å²) in [5, 5.41) is 2.82. The zero-order valence-electron chi connectivity index (χ0n) is 12.6. The number of hydrogen-bond donors (Lipinski definition) is 1. The van der Waals surface area contributed by atoms with Gasteiger partial charge < -0.3 is 9.64 Å². The van der Waals surface area contributed by atoms with E-state index in [4.69, 9.17) is 4.74 Å². The van der Waals surface area contributed by atoms with Crippen molar-refractivity contribution in [2.24, 2.45) is 0 Å². The van der Waals surface area contributed by atoms with Crippen LogP contribution in [0.25, 0.3) is 0 Å². The first-order valence-electron chi connectivity index (χ1n) is 7.21. The van der Waals surface area contributed by atoms with Crippen LogP contribution in [0.2, 0.25) is 0 Å². The van der Waals surface area contributed by atoms with E-state index in [1.54, 1.807) is 24.1 Å². The van der Waals surface area contributed by atoms with Gasteiger partial charge in [-0.3, -0.25) is 5.32 Å². The van der Waals surface area contributed by atoms with Crippen molar-refractivity contribution in [3.05, 3.63) is 47.9 Å². The molecule has 1 atom stereocenters.